The van der Waals surface area contributed by atoms with Crippen LogP contribution in [0.1, 0.15) is 0 Å². The lowest BCUT2D eigenvalue weighted by molar-refractivity contribution is -0.122. The zero-order valence-electron chi connectivity index (χ0n) is 16.7. The van der Waals surface area contributed by atoms with Crippen LogP contribution < -0.4 is 15.4 Å². The lowest BCUT2D eigenvalue weighted by Gasteiger charge is -2.12. The van der Waals surface area contributed by atoms with E-state index in [0.717, 1.165) is 5.56 Å². The van der Waals surface area contributed by atoms with Crippen LogP contribution in [0.15, 0.2) is 61.2 Å². The van der Waals surface area contributed by atoms with Gasteiger partial charge in [0, 0.05) is 41.5 Å². The molecule has 0 atom stereocenters. The van der Waals surface area contributed by atoms with Crippen molar-refractivity contribution in [2.45, 2.75) is 6.18 Å². The molecular weight excluding hydrogens is 425 g/mol. The second-order valence-corrected chi connectivity index (χ2v) is 6.73. The Morgan fingerprint density at radius 3 is 2.59 bits per heavy atom. The van der Waals surface area contributed by atoms with Crippen LogP contribution in [0.4, 0.5) is 23.7 Å². The van der Waals surface area contributed by atoms with Crippen LogP contribution in [0.25, 0.3) is 28.3 Å². The summed E-state index contributed by atoms with van der Waals surface area (Å²) in [4.78, 5) is 24.7. The highest BCUT2D eigenvalue weighted by Crippen LogP contribution is 2.30. The fraction of sp³-hybridized carbons (Fsp3) is 0.143. The van der Waals surface area contributed by atoms with Crippen molar-refractivity contribution < 1.29 is 22.7 Å². The number of benzene rings is 1. The first-order valence-corrected chi connectivity index (χ1v) is 9.38. The third-order valence-electron chi connectivity index (χ3n) is 4.48. The number of methoxy groups -OCH3 is 1. The third-order valence-corrected chi connectivity index (χ3v) is 4.48. The molecule has 0 spiro atoms. The predicted molar refractivity (Wildman–Crippen MR) is 111 cm³/mol. The summed E-state index contributed by atoms with van der Waals surface area (Å²) < 4.78 is 44.1. The fourth-order valence-electron chi connectivity index (χ4n) is 3.07. The van der Waals surface area contributed by atoms with E-state index < -0.39 is 18.8 Å². The number of halogens is 3. The van der Waals surface area contributed by atoms with Gasteiger partial charge in [-0.2, -0.15) is 13.2 Å². The Kier molecular flexibility index (Phi) is 5.63. The van der Waals surface area contributed by atoms with Crippen LogP contribution in [0.2, 0.25) is 0 Å². The van der Waals surface area contributed by atoms with E-state index in [9.17, 15) is 18.0 Å². The second-order valence-electron chi connectivity index (χ2n) is 6.73. The Hall–Kier alpha value is -4.15. The van der Waals surface area contributed by atoms with Crippen LogP contribution in [-0.4, -0.2) is 45.2 Å². The summed E-state index contributed by atoms with van der Waals surface area (Å²) in [5.74, 6) is 0.982. The number of rotatable bonds is 5. The van der Waals surface area contributed by atoms with Crippen molar-refractivity contribution >= 4 is 17.4 Å². The number of imidazole rings is 1. The third kappa shape index (κ3) is 4.77. The van der Waals surface area contributed by atoms with Gasteiger partial charge in [0.05, 0.1) is 19.0 Å². The van der Waals surface area contributed by atoms with Gasteiger partial charge in [-0.05, 0) is 30.3 Å². The van der Waals surface area contributed by atoms with Crippen molar-refractivity contribution in [1.29, 1.82) is 0 Å². The quantitative estimate of drug-likeness (QED) is 0.484. The molecule has 2 amide bonds. The molecule has 164 valence electrons. The average Bonchev–Trinajstić information content (AvgIpc) is 3.21. The molecule has 4 aromatic rings. The lowest BCUT2D eigenvalue weighted by atomic mass is 10.1. The molecule has 0 aliphatic heterocycles. The van der Waals surface area contributed by atoms with Gasteiger partial charge in [-0.15, -0.1) is 0 Å². The first kappa shape index (κ1) is 21.1. The molecule has 0 bridgehead atoms. The van der Waals surface area contributed by atoms with Gasteiger partial charge in [0.25, 0.3) is 0 Å². The Morgan fingerprint density at radius 2 is 1.88 bits per heavy atom. The highest BCUT2D eigenvalue weighted by Gasteiger charge is 2.27. The van der Waals surface area contributed by atoms with Gasteiger partial charge in [0.1, 0.15) is 17.9 Å². The zero-order chi connectivity index (χ0) is 22.7. The number of carbonyl (C=O) groups excluding carboxylic acids is 1. The number of aromatic nitrogens is 4. The molecule has 0 fully saturated rings. The molecular formula is C21H17F3N6O2. The Labute approximate surface area is 180 Å². The minimum atomic E-state index is -4.50. The summed E-state index contributed by atoms with van der Waals surface area (Å²) in [5, 5.41) is 4.16. The van der Waals surface area contributed by atoms with Gasteiger partial charge in [-0.3, -0.25) is 4.40 Å². The maximum atomic E-state index is 12.3. The molecule has 0 aliphatic rings. The number of alkyl halides is 3. The summed E-state index contributed by atoms with van der Waals surface area (Å²) in [6, 6.07) is 9.29. The van der Waals surface area contributed by atoms with Gasteiger partial charge in [0.15, 0.2) is 5.82 Å². The molecule has 8 nitrogen and oxygen atoms in total. The van der Waals surface area contributed by atoms with Gasteiger partial charge in [-0.1, -0.05) is 0 Å². The van der Waals surface area contributed by atoms with Crippen molar-refractivity contribution in [2.75, 3.05) is 19.0 Å². The molecule has 0 radical (unpaired) electrons. The van der Waals surface area contributed by atoms with Crippen LogP contribution in [0.5, 0.6) is 5.75 Å². The summed E-state index contributed by atoms with van der Waals surface area (Å²) in [6.45, 7) is -1.43. The molecule has 11 heteroatoms. The number of urea groups is 1. The van der Waals surface area contributed by atoms with Gasteiger partial charge in [0.2, 0.25) is 0 Å². The fourth-order valence-corrected chi connectivity index (χ4v) is 3.07. The van der Waals surface area contributed by atoms with Crippen LogP contribution in [0, 0.1) is 0 Å². The predicted octanol–water partition coefficient (Wildman–Crippen LogP) is 4.15. The van der Waals surface area contributed by atoms with E-state index in [1.807, 2.05) is 22.7 Å². The molecule has 32 heavy (non-hydrogen) atoms. The molecule has 2 N–H and O–H groups in total. The standard InChI is InChI=1S/C21H17F3N6O2/c1-32-16-8-14(7-15(10-16)29-20(31)28-12-21(22,23)24)17-11-27-18-9-13(3-6-30(17)18)19-25-4-2-5-26-19/h2-11H,12H2,1H3,(H2,28,29,31). The van der Waals surface area contributed by atoms with E-state index in [1.54, 1.807) is 42.1 Å². The molecule has 3 heterocycles. The lowest BCUT2D eigenvalue weighted by Crippen LogP contribution is -2.36. The molecule has 0 unspecified atom stereocenters. The molecule has 3 aromatic heterocycles. The highest BCUT2D eigenvalue weighted by atomic mass is 19.4. The summed E-state index contributed by atoms with van der Waals surface area (Å²) in [6.07, 6.45) is 2.26. The van der Waals surface area contributed by atoms with Crippen LogP contribution in [-0.2, 0) is 0 Å². The molecule has 4 rings (SSSR count). The number of carbonyl (C=O) groups is 1. The SMILES string of the molecule is COc1cc(NC(=O)NCC(F)(F)F)cc(-c2cnc3cc(-c4ncccn4)ccn23)c1. The molecule has 1 aromatic carbocycles. The first-order valence-electron chi connectivity index (χ1n) is 9.38. The number of fused-ring (bicyclic) bond motifs is 1. The number of anilines is 1. The number of nitrogens with one attached hydrogen (secondary N) is 2. The number of hydrogen-bond acceptors (Lipinski definition) is 5. The minimum absolute atomic E-state index is 0.267. The number of pyridine rings is 1. The van der Waals surface area contributed by atoms with E-state index in [1.165, 1.54) is 13.2 Å². The van der Waals surface area contributed by atoms with E-state index >= 15 is 0 Å². The second kappa shape index (κ2) is 8.53. The molecule has 0 saturated carbocycles. The van der Waals surface area contributed by atoms with Crippen molar-refractivity contribution in [3.8, 4) is 28.4 Å². The Morgan fingerprint density at radius 1 is 1.09 bits per heavy atom. The number of amides is 2. The average molecular weight is 442 g/mol. The zero-order valence-corrected chi connectivity index (χ0v) is 16.7. The maximum absolute atomic E-state index is 12.3. The van der Waals surface area contributed by atoms with Crippen molar-refractivity contribution in [3.63, 3.8) is 0 Å². The monoisotopic (exact) mass is 442 g/mol. The van der Waals surface area contributed by atoms with E-state index in [2.05, 4.69) is 20.3 Å². The Balaban J connectivity index is 1.64. The topological polar surface area (TPSA) is 93.4 Å². The first-order chi connectivity index (χ1) is 15.3. The summed E-state index contributed by atoms with van der Waals surface area (Å²) >= 11 is 0. The number of nitrogens with zero attached hydrogens (tertiary/aromatic N) is 4. The maximum Gasteiger partial charge on any atom is 0.405 e. The van der Waals surface area contributed by atoms with Crippen molar-refractivity contribution in [3.05, 3.63) is 61.2 Å². The normalized spacial score (nSPS) is 11.4. The van der Waals surface area contributed by atoms with E-state index in [-0.39, 0.29) is 5.69 Å². The van der Waals surface area contributed by atoms with Crippen LogP contribution in [0.3, 0.4) is 0 Å². The van der Waals surface area contributed by atoms with Gasteiger partial charge >= 0.3 is 12.2 Å². The number of ether oxygens (including phenoxy) is 1. The minimum Gasteiger partial charge on any atom is -0.497 e. The van der Waals surface area contributed by atoms with Gasteiger partial charge < -0.3 is 15.4 Å². The van der Waals surface area contributed by atoms with Crippen LogP contribution >= 0.6 is 0 Å². The molecule has 0 aliphatic carbocycles. The smallest absolute Gasteiger partial charge is 0.405 e. The van der Waals surface area contributed by atoms with E-state index in [0.29, 0.717) is 28.5 Å². The summed E-state index contributed by atoms with van der Waals surface area (Å²) in [7, 11) is 1.45. The highest BCUT2D eigenvalue weighted by molar-refractivity contribution is 5.90. The van der Waals surface area contributed by atoms with Crippen molar-refractivity contribution in [1.82, 2.24) is 24.7 Å². The van der Waals surface area contributed by atoms with Crippen molar-refractivity contribution in [2.24, 2.45) is 0 Å². The largest absolute Gasteiger partial charge is 0.497 e. The number of hydrogen-bond donors (Lipinski definition) is 2. The van der Waals surface area contributed by atoms with Gasteiger partial charge in [-0.25, -0.2) is 19.7 Å². The van der Waals surface area contributed by atoms with E-state index in [4.69, 9.17) is 4.74 Å². The summed E-state index contributed by atoms with van der Waals surface area (Å²) in [5.41, 5.74) is 3.04. The molecule has 0 saturated heterocycles. The Bertz CT molecular complexity index is 1260.